The van der Waals surface area contributed by atoms with E-state index in [1.165, 1.54) is 6.21 Å². The molecule has 0 fully saturated rings. The molecule has 1 N–H and O–H groups in total. The zero-order chi connectivity index (χ0) is 20.0. The van der Waals surface area contributed by atoms with Crippen molar-refractivity contribution in [3.8, 4) is 5.75 Å². The topological polar surface area (TPSA) is 72.6 Å². The Morgan fingerprint density at radius 2 is 1.85 bits per heavy atom. The third-order valence-corrected chi connectivity index (χ3v) is 4.07. The Balaban J connectivity index is 2.33. The fourth-order valence-corrected chi connectivity index (χ4v) is 2.66. The molecule has 27 heavy (non-hydrogen) atoms. The molecule has 0 saturated carbocycles. The van der Waals surface area contributed by atoms with Crippen LogP contribution in [0.25, 0.3) is 0 Å². The second-order valence-electron chi connectivity index (χ2n) is 7.58. The van der Waals surface area contributed by atoms with Gasteiger partial charge in [-0.25, -0.2) is 0 Å². The minimum Gasteiger partial charge on any atom is -0.618 e. The van der Waals surface area contributed by atoms with Gasteiger partial charge in [-0.1, -0.05) is 39.8 Å². The quantitative estimate of drug-likeness (QED) is 0.333. The van der Waals surface area contributed by atoms with E-state index in [1.807, 2.05) is 19.1 Å². The summed E-state index contributed by atoms with van der Waals surface area (Å²) in [6, 6.07) is 12.6. The number of hydrogen-bond donors (Lipinski definition) is 1. The van der Waals surface area contributed by atoms with Crippen LogP contribution in [0.4, 0.5) is 5.69 Å². The molecule has 5 heteroatoms. The number of ether oxygens (including phenoxy) is 1. The smallest absolute Gasteiger partial charge is 0.307 e. The lowest BCUT2D eigenvalue weighted by molar-refractivity contribution is -0.354. The summed E-state index contributed by atoms with van der Waals surface area (Å²) < 4.78 is 6.41. The summed E-state index contributed by atoms with van der Waals surface area (Å²) in [5.41, 5.74) is 2.89. The van der Waals surface area contributed by atoms with Gasteiger partial charge in [-0.3, -0.25) is 4.79 Å². The van der Waals surface area contributed by atoms with Crippen molar-refractivity contribution >= 4 is 17.9 Å². The van der Waals surface area contributed by atoms with Crippen molar-refractivity contribution in [2.24, 2.45) is 0 Å². The van der Waals surface area contributed by atoms with Crippen molar-refractivity contribution in [1.82, 2.24) is 0 Å². The number of carbonyl (C=O) groups is 1. The third kappa shape index (κ3) is 6.13. The standard InChI is InChI=1S/C22H27NO4/c1-5-10-27-20-12-16(14-21(24)25)11-17(13-20)15-23(26)19-8-6-18(7-9-19)22(2,3)4/h6-9,11-13,15H,5,10,14H2,1-4H3,(H,24,25)/b23-15-. The van der Waals surface area contributed by atoms with Crippen LogP contribution in [0.15, 0.2) is 42.5 Å². The van der Waals surface area contributed by atoms with Gasteiger partial charge >= 0.3 is 5.97 Å². The monoisotopic (exact) mass is 369 g/mol. The van der Waals surface area contributed by atoms with Gasteiger partial charge in [-0.2, -0.15) is 4.74 Å². The van der Waals surface area contributed by atoms with Gasteiger partial charge in [0, 0.05) is 17.7 Å². The predicted molar refractivity (Wildman–Crippen MR) is 107 cm³/mol. The summed E-state index contributed by atoms with van der Waals surface area (Å²) in [5.74, 6) is -0.358. The lowest BCUT2D eigenvalue weighted by Gasteiger charge is -2.18. The SMILES string of the molecule is CCCOc1cc(/C=[N+](\[O-])c2ccc(C(C)(C)C)cc2)cc(CC(=O)O)c1. The van der Waals surface area contributed by atoms with Gasteiger partial charge < -0.3 is 15.1 Å². The Kier molecular flexibility index (Phi) is 6.61. The van der Waals surface area contributed by atoms with Gasteiger partial charge in [0.1, 0.15) is 5.75 Å². The van der Waals surface area contributed by atoms with Crippen LogP contribution < -0.4 is 4.74 Å². The molecule has 0 aromatic heterocycles. The molecule has 0 heterocycles. The highest BCUT2D eigenvalue weighted by Gasteiger charge is 2.14. The van der Waals surface area contributed by atoms with E-state index in [-0.39, 0.29) is 11.8 Å². The van der Waals surface area contributed by atoms with Gasteiger partial charge in [-0.05, 0) is 41.2 Å². The van der Waals surface area contributed by atoms with Gasteiger partial charge in [-0.15, -0.1) is 0 Å². The summed E-state index contributed by atoms with van der Waals surface area (Å²) in [4.78, 5) is 11.0. The molecular formula is C22H27NO4. The van der Waals surface area contributed by atoms with Gasteiger partial charge in [0.2, 0.25) is 5.69 Å². The highest BCUT2D eigenvalue weighted by Crippen LogP contribution is 2.24. The van der Waals surface area contributed by atoms with E-state index in [0.29, 0.717) is 29.2 Å². The zero-order valence-corrected chi connectivity index (χ0v) is 16.4. The molecule has 2 aromatic rings. The van der Waals surface area contributed by atoms with Crippen LogP contribution >= 0.6 is 0 Å². The van der Waals surface area contributed by atoms with Gasteiger partial charge in [0.25, 0.3) is 0 Å². The molecule has 0 aliphatic rings. The lowest BCUT2D eigenvalue weighted by atomic mass is 9.87. The van der Waals surface area contributed by atoms with Crippen LogP contribution in [-0.4, -0.2) is 28.6 Å². The van der Waals surface area contributed by atoms with Crippen molar-refractivity contribution in [2.45, 2.75) is 46.0 Å². The fourth-order valence-electron chi connectivity index (χ4n) is 2.66. The summed E-state index contributed by atoms with van der Waals surface area (Å²) in [6.07, 6.45) is 2.16. The van der Waals surface area contributed by atoms with Gasteiger partial charge in [0.05, 0.1) is 13.0 Å². The molecule has 0 amide bonds. The first-order valence-corrected chi connectivity index (χ1v) is 9.09. The molecule has 0 spiro atoms. The Hall–Kier alpha value is -2.82. The second kappa shape index (κ2) is 8.71. The molecule has 5 nitrogen and oxygen atoms in total. The first kappa shape index (κ1) is 20.5. The summed E-state index contributed by atoms with van der Waals surface area (Å²) in [7, 11) is 0. The molecule has 0 saturated heterocycles. The van der Waals surface area contributed by atoms with E-state index in [1.54, 1.807) is 30.3 Å². The number of hydrogen-bond acceptors (Lipinski definition) is 3. The molecule has 0 atom stereocenters. The number of carboxylic acids is 1. The molecule has 0 radical (unpaired) electrons. The van der Waals surface area contributed by atoms with Crippen LogP contribution in [0.1, 0.15) is 50.8 Å². The Labute approximate surface area is 160 Å². The van der Waals surface area contributed by atoms with Crippen molar-refractivity contribution < 1.29 is 19.4 Å². The number of aliphatic carboxylic acids is 1. The maximum absolute atomic E-state index is 12.5. The molecule has 0 aliphatic heterocycles. The van der Waals surface area contributed by atoms with Crippen LogP contribution in [0.5, 0.6) is 5.75 Å². The van der Waals surface area contributed by atoms with E-state index in [9.17, 15) is 10.0 Å². The molecule has 2 aromatic carbocycles. The van der Waals surface area contributed by atoms with Gasteiger partial charge in [0.15, 0.2) is 6.21 Å². The maximum atomic E-state index is 12.5. The van der Waals surface area contributed by atoms with Crippen LogP contribution in [0.2, 0.25) is 0 Å². The van der Waals surface area contributed by atoms with E-state index < -0.39 is 5.97 Å². The zero-order valence-electron chi connectivity index (χ0n) is 16.4. The minimum atomic E-state index is -0.926. The number of carboxylic acid groups (broad SMARTS) is 1. The van der Waals surface area contributed by atoms with Crippen molar-refractivity contribution in [3.63, 3.8) is 0 Å². The van der Waals surface area contributed by atoms with Crippen molar-refractivity contribution in [3.05, 3.63) is 64.4 Å². The van der Waals surface area contributed by atoms with Crippen LogP contribution in [0, 0.1) is 5.21 Å². The second-order valence-corrected chi connectivity index (χ2v) is 7.58. The van der Waals surface area contributed by atoms with Crippen molar-refractivity contribution in [2.75, 3.05) is 6.61 Å². The largest absolute Gasteiger partial charge is 0.618 e. The van der Waals surface area contributed by atoms with Crippen molar-refractivity contribution in [1.29, 1.82) is 0 Å². The molecule has 2 rings (SSSR count). The maximum Gasteiger partial charge on any atom is 0.307 e. The Morgan fingerprint density at radius 1 is 1.19 bits per heavy atom. The summed E-state index contributed by atoms with van der Waals surface area (Å²) in [5, 5.41) is 21.6. The fraction of sp³-hybridized carbons (Fsp3) is 0.364. The number of rotatable bonds is 7. The van der Waals surface area contributed by atoms with E-state index in [2.05, 4.69) is 20.8 Å². The van der Waals surface area contributed by atoms with Crippen LogP contribution in [-0.2, 0) is 16.6 Å². The molecule has 0 aliphatic carbocycles. The predicted octanol–water partition coefficient (Wildman–Crippen LogP) is 4.66. The molecule has 0 bridgehead atoms. The highest BCUT2D eigenvalue weighted by atomic mass is 16.5. The third-order valence-electron chi connectivity index (χ3n) is 4.07. The Bertz CT molecular complexity index is 817. The number of nitrogens with zero attached hydrogens (tertiary/aromatic N) is 1. The average Bonchev–Trinajstić information content (AvgIpc) is 2.58. The Morgan fingerprint density at radius 3 is 2.41 bits per heavy atom. The first-order valence-electron chi connectivity index (χ1n) is 9.09. The van der Waals surface area contributed by atoms with E-state index >= 15 is 0 Å². The molecular weight excluding hydrogens is 342 g/mol. The van der Waals surface area contributed by atoms with E-state index in [0.717, 1.165) is 16.7 Å². The minimum absolute atomic E-state index is 0.0205. The lowest BCUT2D eigenvalue weighted by Crippen LogP contribution is -2.10. The summed E-state index contributed by atoms with van der Waals surface area (Å²) >= 11 is 0. The number of benzene rings is 2. The summed E-state index contributed by atoms with van der Waals surface area (Å²) in [6.45, 7) is 8.89. The normalized spacial score (nSPS) is 12.1. The average molecular weight is 369 g/mol. The van der Waals surface area contributed by atoms with E-state index in [4.69, 9.17) is 9.84 Å². The molecule has 0 unspecified atom stereocenters. The molecule has 144 valence electrons. The first-order chi connectivity index (χ1) is 12.7. The highest BCUT2D eigenvalue weighted by molar-refractivity contribution is 5.79. The van der Waals surface area contributed by atoms with Crippen LogP contribution in [0.3, 0.4) is 0 Å².